The summed E-state index contributed by atoms with van der Waals surface area (Å²) in [5.41, 5.74) is -0.154. The Balaban J connectivity index is 2.09. The third-order valence-corrected chi connectivity index (χ3v) is 4.69. The maximum Gasteiger partial charge on any atom is 0.320 e. The van der Waals surface area contributed by atoms with Crippen molar-refractivity contribution in [2.75, 3.05) is 12.4 Å². The first-order chi connectivity index (χ1) is 7.43. The molecule has 0 radical (unpaired) electrons. The van der Waals surface area contributed by atoms with Gasteiger partial charge in [-0.3, -0.25) is 10.1 Å². The number of carboxylic acids is 1. The van der Waals surface area contributed by atoms with Crippen molar-refractivity contribution in [3.05, 3.63) is 0 Å². The fourth-order valence-corrected chi connectivity index (χ4v) is 4.20. The summed E-state index contributed by atoms with van der Waals surface area (Å²) in [5, 5.41) is 12.4. The third kappa shape index (κ3) is 2.52. The van der Waals surface area contributed by atoms with Crippen molar-refractivity contribution in [3.8, 4) is 0 Å². The molecule has 0 aromatic carbocycles. The zero-order chi connectivity index (χ0) is 11.8. The summed E-state index contributed by atoms with van der Waals surface area (Å²) in [7, 11) is 0. The fourth-order valence-electron chi connectivity index (χ4n) is 2.55. The van der Waals surface area contributed by atoms with Gasteiger partial charge < -0.3 is 9.84 Å². The van der Waals surface area contributed by atoms with Crippen LogP contribution >= 0.6 is 11.8 Å². The van der Waals surface area contributed by atoms with Crippen LogP contribution in [0.1, 0.15) is 33.1 Å². The number of nitrogens with one attached hydrogen (secondary N) is 1. The van der Waals surface area contributed by atoms with Crippen molar-refractivity contribution >= 4 is 17.7 Å². The van der Waals surface area contributed by atoms with E-state index in [9.17, 15) is 4.79 Å². The van der Waals surface area contributed by atoms with Crippen LogP contribution in [-0.4, -0.2) is 39.9 Å². The Kier molecular flexibility index (Phi) is 3.20. The Hall–Kier alpha value is -0.260. The number of hydrogen-bond donors (Lipinski definition) is 2. The Morgan fingerprint density at radius 3 is 2.94 bits per heavy atom. The van der Waals surface area contributed by atoms with Gasteiger partial charge in [0.15, 0.2) is 0 Å². The van der Waals surface area contributed by atoms with E-state index >= 15 is 0 Å². The minimum Gasteiger partial charge on any atom is -0.480 e. The van der Waals surface area contributed by atoms with Crippen molar-refractivity contribution in [1.29, 1.82) is 0 Å². The summed E-state index contributed by atoms with van der Waals surface area (Å²) in [6.45, 7) is 4.85. The molecule has 0 aromatic rings. The van der Waals surface area contributed by atoms with Gasteiger partial charge >= 0.3 is 5.97 Å². The SMILES string of the molecule is CC1(C)CC2(CCO1)NC(C(=O)O)CCS2. The Morgan fingerprint density at radius 1 is 1.56 bits per heavy atom. The third-order valence-electron chi connectivity index (χ3n) is 3.23. The van der Waals surface area contributed by atoms with Gasteiger partial charge in [-0.25, -0.2) is 0 Å². The minimum absolute atomic E-state index is 0.0942. The van der Waals surface area contributed by atoms with Crippen LogP contribution in [0, 0.1) is 0 Å². The average molecular weight is 245 g/mol. The summed E-state index contributed by atoms with van der Waals surface area (Å²) in [5.74, 6) is 0.184. The number of aliphatic carboxylic acids is 1. The highest BCUT2D eigenvalue weighted by atomic mass is 32.2. The van der Waals surface area contributed by atoms with Crippen molar-refractivity contribution < 1.29 is 14.6 Å². The number of carboxylic acid groups (broad SMARTS) is 1. The first kappa shape index (κ1) is 12.2. The van der Waals surface area contributed by atoms with E-state index in [2.05, 4.69) is 19.2 Å². The smallest absolute Gasteiger partial charge is 0.320 e. The molecule has 2 N–H and O–H groups in total. The van der Waals surface area contributed by atoms with Crippen LogP contribution in [0.4, 0.5) is 0 Å². The second-order valence-corrected chi connectivity index (χ2v) is 6.68. The molecular formula is C11H19NO3S. The molecule has 4 nitrogen and oxygen atoms in total. The zero-order valence-electron chi connectivity index (χ0n) is 9.78. The molecule has 2 heterocycles. The van der Waals surface area contributed by atoms with Crippen molar-refractivity contribution in [1.82, 2.24) is 5.32 Å². The molecule has 16 heavy (non-hydrogen) atoms. The summed E-state index contributed by atoms with van der Waals surface area (Å²) in [6.07, 6.45) is 2.47. The molecular weight excluding hydrogens is 226 g/mol. The Morgan fingerprint density at radius 2 is 2.31 bits per heavy atom. The Bertz CT molecular complexity index is 291. The largest absolute Gasteiger partial charge is 0.480 e. The molecule has 2 aliphatic rings. The molecule has 0 aliphatic carbocycles. The lowest BCUT2D eigenvalue weighted by molar-refractivity contribution is -0.141. The van der Waals surface area contributed by atoms with Crippen LogP contribution in [0.3, 0.4) is 0 Å². The van der Waals surface area contributed by atoms with Crippen LogP contribution in [0.5, 0.6) is 0 Å². The monoisotopic (exact) mass is 245 g/mol. The standard InChI is InChI=1S/C11H19NO3S/c1-10(2)7-11(4-5-15-10)12-8(9(13)14)3-6-16-11/h8,12H,3-7H2,1-2H3,(H,13,14). The van der Waals surface area contributed by atoms with Gasteiger partial charge in [0.05, 0.1) is 10.5 Å². The van der Waals surface area contributed by atoms with Crippen molar-refractivity contribution in [3.63, 3.8) is 0 Å². The maximum atomic E-state index is 11.0. The lowest BCUT2D eigenvalue weighted by atomic mass is 9.92. The van der Waals surface area contributed by atoms with Crippen LogP contribution in [-0.2, 0) is 9.53 Å². The van der Waals surface area contributed by atoms with Crippen LogP contribution < -0.4 is 5.32 Å². The predicted octanol–water partition coefficient (Wildman–Crippen LogP) is 1.45. The van der Waals surface area contributed by atoms with Crippen molar-refractivity contribution in [2.24, 2.45) is 0 Å². The van der Waals surface area contributed by atoms with E-state index < -0.39 is 12.0 Å². The zero-order valence-corrected chi connectivity index (χ0v) is 10.6. The molecule has 2 saturated heterocycles. The lowest BCUT2D eigenvalue weighted by Gasteiger charge is -2.48. The minimum atomic E-state index is -0.732. The van der Waals surface area contributed by atoms with Crippen LogP contribution in [0.25, 0.3) is 0 Å². The second-order valence-electron chi connectivity index (χ2n) is 5.20. The highest BCUT2D eigenvalue weighted by Crippen LogP contribution is 2.42. The normalized spacial score (nSPS) is 38.5. The maximum absolute atomic E-state index is 11.0. The first-order valence-electron chi connectivity index (χ1n) is 5.71. The van der Waals surface area contributed by atoms with E-state index in [1.807, 2.05) is 11.8 Å². The van der Waals surface area contributed by atoms with Gasteiger partial charge in [0.25, 0.3) is 0 Å². The summed E-state index contributed by atoms with van der Waals surface area (Å²) in [6, 6.07) is -0.393. The quantitative estimate of drug-likeness (QED) is 0.732. The average Bonchev–Trinajstić information content (AvgIpc) is 2.15. The molecule has 0 bridgehead atoms. The number of rotatable bonds is 1. The van der Waals surface area contributed by atoms with E-state index in [0.29, 0.717) is 13.0 Å². The van der Waals surface area contributed by atoms with E-state index in [-0.39, 0.29) is 10.5 Å². The van der Waals surface area contributed by atoms with E-state index in [1.165, 1.54) is 0 Å². The van der Waals surface area contributed by atoms with Crippen molar-refractivity contribution in [2.45, 2.75) is 49.6 Å². The van der Waals surface area contributed by atoms with E-state index in [1.54, 1.807) is 0 Å². The summed E-state index contributed by atoms with van der Waals surface area (Å²) in [4.78, 5) is 10.9. The highest BCUT2D eigenvalue weighted by Gasteiger charge is 2.45. The van der Waals surface area contributed by atoms with E-state index in [4.69, 9.17) is 9.84 Å². The van der Waals surface area contributed by atoms with Gasteiger partial charge in [0.2, 0.25) is 0 Å². The van der Waals surface area contributed by atoms with E-state index in [0.717, 1.165) is 18.6 Å². The molecule has 2 aliphatic heterocycles. The summed E-state index contributed by atoms with van der Waals surface area (Å²) < 4.78 is 5.69. The molecule has 1 spiro atoms. The topological polar surface area (TPSA) is 58.6 Å². The first-order valence-corrected chi connectivity index (χ1v) is 6.70. The fraction of sp³-hybridized carbons (Fsp3) is 0.909. The molecule has 92 valence electrons. The molecule has 5 heteroatoms. The lowest BCUT2D eigenvalue weighted by Crippen LogP contribution is -2.59. The molecule has 0 aromatic heterocycles. The number of carbonyl (C=O) groups is 1. The second kappa shape index (κ2) is 4.20. The molecule has 2 rings (SSSR count). The molecule has 2 fully saturated rings. The predicted molar refractivity (Wildman–Crippen MR) is 63.6 cm³/mol. The molecule has 0 amide bonds. The van der Waals surface area contributed by atoms with Gasteiger partial charge in [-0.2, -0.15) is 0 Å². The number of thioether (sulfide) groups is 1. The van der Waals surface area contributed by atoms with Crippen LogP contribution in [0.15, 0.2) is 0 Å². The number of hydrogen-bond acceptors (Lipinski definition) is 4. The van der Waals surface area contributed by atoms with Gasteiger partial charge in [-0.05, 0) is 32.4 Å². The van der Waals surface area contributed by atoms with Gasteiger partial charge in [-0.1, -0.05) is 0 Å². The molecule has 0 saturated carbocycles. The molecule has 2 atom stereocenters. The molecule has 2 unspecified atom stereocenters. The highest BCUT2D eigenvalue weighted by molar-refractivity contribution is 8.00. The Labute approximate surface area is 100 Å². The number of ether oxygens (including phenoxy) is 1. The summed E-state index contributed by atoms with van der Waals surface area (Å²) >= 11 is 1.86. The van der Waals surface area contributed by atoms with Gasteiger partial charge in [0, 0.05) is 13.0 Å². The van der Waals surface area contributed by atoms with Gasteiger partial charge in [-0.15, -0.1) is 11.8 Å². The van der Waals surface area contributed by atoms with Crippen LogP contribution in [0.2, 0.25) is 0 Å². The van der Waals surface area contributed by atoms with Gasteiger partial charge in [0.1, 0.15) is 6.04 Å².